The third-order valence-electron chi connectivity index (χ3n) is 5.62. The first-order chi connectivity index (χ1) is 14.1. The summed E-state index contributed by atoms with van der Waals surface area (Å²) in [5.74, 6) is -0.00732. The number of amides is 1. The van der Waals surface area contributed by atoms with Crippen LogP contribution in [0.3, 0.4) is 0 Å². The Morgan fingerprint density at radius 1 is 1.03 bits per heavy atom. The van der Waals surface area contributed by atoms with Gasteiger partial charge in [-0.1, -0.05) is 22.9 Å². The summed E-state index contributed by atoms with van der Waals surface area (Å²) < 4.78 is 14.2. The minimum Gasteiger partial charge on any atom is -0.368 e. The molecule has 0 unspecified atom stereocenters. The number of benzene rings is 2. The lowest BCUT2D eigenvalue weighted by Crippen LogP contribution is -2.58. The molecule has 2 fully saturated rings. The number of carbonyl (C=O) groups excluding carboxylic acids is 1. The van der Waals surface area contributed by atoms with Gasteiger partial charge in [-0.25, -0.2) is 9.37 Å². The zero-order valence-electron chi connectivity index (χ0n) is 15.7. The molecular formula is C21H20ClFN4OS. The van der Waals surface area contributed by atoms with Crippen LogP contribution >= 0.6 is 22.9 Å². The van der Waals surface area contributed by atoms with Crippen LogP contribution in [0, 0.1) is 11.7 Å². The fourth-order valence-corrected chi connectivity index (χ4v) is 5.04. The van der Waals surface area contributed by atoms with E-state index in [9.17, 15) is 9.18 Å². The SMILES string of the molecule is O=C(C1CN(c2nc3ccc(F)cc3s2)C1)N1CCN(c2ccc(Cl)cc2)CC1. The molecule has 150 valence electrons. The number of nitrogens with zero attached hydrogens (tertiary/aromatic N) is 4. The summed E-state index contributed by atoms with van der Waals surface area (Å²) >= 11 is 7.44. The first kappa shape index (κ1) is 18.6. The third-order valence-corrected chi connectivity index (χ3v) is 6.95. The summed E-state index contributed by atoms with van der Waals surface area (Å²) in [6.45, 7) is 4.48. The van der Waals surface area contributed by atoms with Gasteiger partial charge in [0.25, 0.3) is 0 Å². The molecule has 3 heterocycles. The maximum absolute atomic E-state index is 13.4. The first-order valence-corrected chi connectivity index (χ1v) is 10.9. The Bertz CT molecular complexity index is 1040. The molecule has 29 heavy (non-hydrogen) atoms. The molecule has 5 nitrogen and oxygen atoms in total. The van der Waals surface area contributed by atoms with E-state index in [-0.39, 0.29) is 17.6 Å². The van der Waals surface area contributed by atoms with Crippen LogP contribution in [0.1, 0.15) is 0 Å². The molecule has 1 amide bonds. The maximum Gasteiger partial charge on any atom is 0.229 e. The van der Waals surface area contributed by atoms with Crippen LogP contribution in [-0.4, -0.2) is 55.1 Å². The predicted molar refractivity (Wildman–Crippen MR) is 116 cm³/mol. The summed E-state index contributed by atoms with van der Waals surface area (Å²) in [6.07, 6.45) is 0. The lowest BCUT2D eigenvalue weighted by atomic mass is 9.99. The Kier molecular flexibility index (Phi) is 4.80. The molecule has 2 aliphatic heterocycles. The minimum atomic E-state index is -0.248. The molecule has 3 aromatic rings. The van der Waals surface area contributed by atoms with Crippen molar-refractivity contribution >= 4 is 49.9 Å². The number of hydrogen-bond acceptors (Lipinski definition) is 5. The van der Waals surface area contributed by atoms with E-state index < -0.39 is 0 Å². The van der Waals surface area contributed by atoms with Gasteiger partial charge in [0.15, 0.2) is 5.13 Å². The van der Waals surface area contributed by atoms with Gasteiger partial charge in [-0.2, -0.15) is 0 Å². The number of halogens is 2. The van der Waals surface area contributed by atoms with Gasteiger partial charge in [-0.05, 0) is 42.5 Å². The van der Waals surface area contributed by atoms with Crippen LogP contribution in [0.5, 0.6) is 0 Å². The molecule has 0 bridgehead atoms. The van der Waals surface area contributed by atoms with E-state index in [4.69, 9.17) is 11.6 Å². The number of thiazole rings is 1. The van der Waals surface area contributed by atoms with Gasteiger partial charge in [0.05, 0.1) is 16.1 Å². The molecule has 2 aliphatic rings. The maximum atomic E-state index is 13.4. The van der Waals surface area contributed by atoms with Crippen molar-refractivity contribution in [2.24, 2.45) is 5.92 Å². The zero-order chi connectivity index (χ0) is 20.0. The molecule has 0 saturated carbocycles. The third kappa shape index (κ3) is 3.65. The van der Waals surface area contributed by atoms with Crippen LogP contribution in [0.25, 0.3) is 10.2 Å². The summed E-state index contributed by atoms with van der Waals surface area (Å²) in [7, 11) is 0. The number of carbonyl (C=O) groups is 1. The quantitative estimate of drug-likeness (QED) is 0.632. The lowest BCUT2D eigenvalue weighted by molar-refractivity contribution is -0.136. The van der Waals surface area contributed by atoms with Gasteiger partial charge >= 0.3 is 0 Å². The summed E-state index contributed by atoms with van der Waals surface area (Å²) in [5, 5.41) is 1.59. The number of anilines is 2. The van der Waals surface area contributed by atoms with Gasteiger partial charge < -0.3 is 14.7 Å². The van der Waals surface area contributed by atoms with E-state index in [1.807, 2.05) is 29.2 Å². The second-order valence-corrected chi connectivity index (χ2v) is 8.94. The van der Waals surface area contributed by atoms with Crippen molar-refractivity contribution in [2.45, 2.75) is 0 Å². The standard InChI is InChI=1S/C21H20ClFN4OS/c22-15-1-4-17(5-2-15)25-7-9-26(10-8-25)20(28)14-12-27(13-14)21-24-18-6-3-16(23)11-19(18)29-21/h1-6,11,14H,7-10,12-13H2. The lowest BCUT2D eigenvalue weighted by Gasteiger charge is -2.43. The van der Waals surface area contributed by atoms with Crippen molar-refractivity contribution in [1.82, 2.24) is 9.88 Å². The van der Waals surface area contributed by atoms with Crippen molar-refractivity contribution in [3.8, 4) is 0 Å². The highest BCUT2D eigenvalue weighted by Gasteiger charge is 2.37. The van der Waals surface area contributed by atoms with E-state index in [0.29, 0.717) is 13.1 Å². The average molecular weight is 431 g/mol. The molecule has 0 N–H and O–H groups in total. The van der Waals surface area contributed by atoms with Gasteiger partial charge in [-0.15, -0.1) is 0 Å². The summed E-state index contributed by atoms with van der Waals surface area (Å²) in [5.41, 5.74) is 1.95. The zero-order valence-corrected chi connectivity index (χ0v) is 17.3. The number of hydrogen-bond donors (Lipinski definition) is 0. The summed E-state index contributed by atoms with van der Waals surface area (Å²) in [6, 6.07) is 12.5. The molecule has 1 aromatic heterocycles. The first-order valence-electron chi connectivity index (χ1n) is 9.67. The Morgan fingerprint density at radius 3 is 2.48 bits per heavy atom. The van der Waals surface area contributed by atoms with Crippen molar-refractivity contribution in [3.05, 3.63) is 53.3 Å². The normalized spacial score (nSPS) is 17.7. The molecule has 2 saturated heterocycles. The Morgan fingerprint density at radius 2 is 1.76 bits per heavy atom. The Labute approximate surface area is 177 Å². The number of aromatic nitrogens is 1. The van der Waals surface area contributed by atoms with Crippen molar-refractivity contribution < 1.29 is 9.18 Å². The molecule has 0 radical (unpaired) electrons. The van der Waals surface area contributed by atoms with Crippen LogP contribution in [-0.2, 0) is 4.79 Å². The van der Waals surface area contributed by atoms with E-state index in [0.717, 1.165) is 52.2 Å². The second-order valence-electron chi connectivity index (χ2n) is 7.50. The van der Waals surface area contributed by atoms with E-state index in [1.54, 1.807) is 6.07 Å². The van der Waals surface area contributed by atoms with Crippen molar-refractivity contribution in [2.75, 3.05) is 49.1 Å². The highest BCUT2D eigenvalue weighted by atomic mass is 35.5. The van der Waals surface area contributed by atoms with Gasteiger partial charge in [0, 0.05) is 50.0 Å². The van der Waals surface area contributed by atoms with Gasteiger partial charge in [0.1, 0.15) is 5.82 Å². The van der Waals surface area contributed by atoms with Gasteiger partial charge in [0.2, 0.25) is 5.91 Å². The fraction of sp³-hybridized carbons (Fsp3) is 0.333. The molecule has 2 aromatic carbocycles. The van der Waals surface area contributed by atoms with E-state index in [1.165, 1.54) is 23.5 Å². The minimum absolute atomic E-state index is 0.0147. The van der Waals surface area contributed by atoms with E-state index >= 15 is 0 Å². The smallest absolute Gasteiger partial charge is 0.229 e. The van der Waals surface area contributed by atoms with Crippen LogP contribution in [0.15, 0.2) is 42.5 Å². The molecule has 8 heteroatoms. The van der Waals surface area contributed by atoms with Crippen LogP contribution < -0.4 is 9.80 Å². The predicted octanol–water partition coefficient (Wildman–Crippen LogP) is 3.87. The van der Waals surface area contributed by atoms with Gasteiger partial charge in [-0.3, -0.25) is 4.79 Å². The fourth-order valence-electron chi connectivity index (χ4n) is 3.91. The summed E-state index contributed by atoms with van der Waals surface area (Å²) in [4.78, 5) is 23.8. The molecular weight excluding hydrogens is 411 g/mol. The molecule has 0 atom stereocenters. The van der Waals surface area contributed by atoms with Crippen molar-refractivity contribution in [3.63, 3.8) is 0 Å². The highest BCUT2D eigenvalue weighted by Crippen LogP contribution is 2.34. The molecule has 0 aliphatic carbocycles. The largest absolute Gasteiger partial charge is 0.368 e. The number of rotatable bonds is 3. The number of piperazine rings is 1. The molecule has 5 rings (SSSR count). The molecule has 0 spiro atoms. The van der Waals surface area contributed by atoms with Crippen LogP contribution in [0.4, 0.5) is 15.2 Å². The Balaban J connectivity index is 1.16. The monoisotopic (exact) mass is 430 g/mol. The second kappa shape index (κ2) is 7.46. The highest BCUT2D eigenvalue weighted by molar-refractivity contribution is 7.22. The topological polar surface area (TPSA) is 39.7 Å². The Hall–Kier alpha value is -2.38. The van der Waals surface area contributed by atoms with Crippen molar-refractivity contribution in [1.29, 1.82) is 0 Å². The average Bonchev–Trinajstić information content (AvgIpc) is 3.10. The number of fused-ring (bicyclic) bond motifs is 1. The van der Waals surface area contributed by atoms with Crippen LogP contribution in [0.2, 0.25) is 5.02 Å². The van der Waals surface area contributed by atoms with E-state index in [2.05, 4.69) is 14.8 Å².